The van der Waals surface area contributed by atoms with Gasteiger partial charge < -0.3 is 4.74 Å². The number of aryl methyl sites for hydroxylation is 1. The molecule has 1 aromatic heterocycles. The lowest BCUT2D eigenvalue weighted by Crippen LogP contribution is -2.05. The van der Waals surface area contributed by atoms with Crippen LogP contribution in [0.15, 0.2) is 41.3 Å². The molecule has 0 saturated carbocycles. The fourth-order valence-electron chi connectivity index (χ4n) is 1.86. The van der Waals surface area contributed by atoms with Gasteiger partial charge in [0.25, 0.3) is 0 Å². The lowest BCUT2D eigenvalue weighted by Gasteiger charge is -2.02. The molecule has 0 radical (unpaired) electrons. The highest BCUT2D eigenvalue weighted by molar-refractivity contribution is 6.37. The molecule has 106 valence electrons. The van der Waals surface area contributed by atoms with Crippen molar-refractivity contribution in [2.75, 3.05) is 0 Å². The van der Waals surface area contributed by atoms with Gasteiger partial charge in [0, 0.05) is 23.8 Å². The van der Waals surface area contributed by atoms with E-state index in [4.69, 9.17) is 27.9 Å². The van der Waals surface area contributed by atoms with Gasteiger partial charge in [-0.1, -0.05) is 23.2 Å². The van der Waals surface area contributed by atoms with Crippen LogP contribution < -0.4 is 0 Å². The van der Waals surface area contributed by atoms with Crippen LogP contribution in [0.5, 0.6) is 0 Å². The predicted octanol–water partition coefficient (Wildman–Crippen LogP) is 3.07. The van der Waals surface area contributed by atoms with Crippen LogP contribution >= 0.6 is 23.2 Å². The highest BCUT2D eigenvalue weighted by Crippen LogP contribution is 2.26. The van der Waals surface area contributed by atoms with Gasteiger partial charge in [0.15, 0.2) is 5.70 Å². The Kier molecular flexibility index (Phi) is 3.53. The van der Waals surface area contributed by atoms with Gasteiger partial charge in [0.05, 0.1) is 16.8 Å². The number of hydrogen-bond donors (Lipinski definition) is 0. The SMILES string of the molecule is Cn1cc(/C=C2\N=C(c3ccc(Cl)cc3Cl)OC2=O)cn1. The number of rotatable bonds is 2. The lowest BCUT2D eigenvalue weighted by molar-refractivity contribution is -0.129. The van der Waals surface area contributed by atoms with E-state index in [1.165, 1.54) is 0 Å². The Balaban J connectivity index is 1.97. The van der Waals surface area contributed by atoms with Crippen LogP contribution in [-0.4, -0.2) is 21.6 Å². The van der Waals surface area contributed by atoms with E-state index in [2.05, 4.69) is 10.1 Å². The highest BCUT2D eigenvalue weighted by Gasteiger charge is 2.25. The zero-order chi connectivity index (χ0) is 15.0. The fourth-order valence-corrected chi connectivity index (χ4v) is 2.35. The Morgan fingerprint density at radius 2 is 2.14 bits per heavy atom. The van der Waals surface area contributed by atoms with Crippen molar-refractivity contribution in [2.24, 2.45) is 12.0 Å². The molecule has 21 heavy (non-hydrogen) atoms. The third kappa shape index (κ3) is 2.84. The second kappa shape index (κ2) is 5.35. The van der Waals surface area contributed by atoms with Gasteiger partial charge in [-0.2, -0.15) is 5.10 Å². The summed E-state index contributed by atoms with van der Waals surface area (Å²) in [6, 6.07) is 4.88. The molecule has 1 aromatic carbocycles. The molecule has 0 unspecified atom stereocenters. The van der Waals surface area contributed by atoms with Crippen LogP contribution in [0.4, 0.5) is 0 Å². The van der Waals surface area contributed by atoms with Gasteiger partial charge >= 0.3 is 5.97 Å². The van der Waals surface area contributed by atoms with E-state index in [0.717, 1.165) is 5.56 Å². The molecule has 0 aliphatic carbocycles. The fraction of sp³-hybridized carbons (Fsp3) is 0.0714. The van der Waals surface area contributed by atoms with Crippen molar-refractivity contribution in [3.05, 3.63) is 57.5 Å². The van der Waals surface area contributed by atoms with Gasteiger partial charge in [-0.3, -0.25) is 4.68 Å². The van der Waals surface area contributed by atoms with E-state index in [-0.39, 0.29) is 11.6 Å². The summed E-state index contributed by atoms with van der Waals surface area (Å²) < 4.78 is 6.78. The molecule has 0 amide bonds. The van der Waals surface area contributed by atoms with Gasteiger partial charge in [0.2, 0.25) is 5.90 Å². The van der Waals surface area contributed by atoms with Crippen molar-refractivity contribution in [3.63, 3.8) is 0 Å². The van der Waals surface area contributed by atoms with E-state index < -0.39 is 5.97 Å². The smallest absolute Gasteiger partial charge is 0.363 e. The number of esters is 1. The number of aromatic nitrogens is 2. The number of halogens is 2. The van der Waals surface area contributed by atoms with E-state index in [1.807, 2.05) is 0 Å². The van der Waals surface area contributed by atoms with Crippen LogP contribution in [0.25, 0.3) is 6.08 Å². The maximum absolute atomic E-state index is 11.8. The van der Waals surface area contributed by atoms with Gasteiger partial charge in [-0.05, 0) is 24.3 Å². The van der Waals surface area contributed by atoms with Gasteiger partial charge in [-0.15, -0.1) is 0 Å². The molecule has 1 aliphatic heterocycles. The molecule has 2 aromatic rings. The van der Waals surface area contributed by atoms with Gasteiger partial charge in [-0.25, -0.2) is 9.79 Å². The van der Waals surface area contributed by atoms with Crippen LogP contribution in [0, 0.1) is 0 Å². The van der Waals surface area contributed by atoms with Crippen molar-refractivity contribution in [3.8, 4) is 0 Å². The zero-order valence-electron chi connectivity index (χ0n) is 10.9. The average Bonchev–Trinajstić information content (AvgIpc) is 2.97. The quantitative estimate of drug-likeness (QED) is 0.631. The summed E-state index contributed by atoms with van der Waals surface area (Å²) in [4.78, 5) is 16.0. The molecule has 0 atom stereocenters. The molecule has 0 N–H and O–H groups in total. The first-order valence-electron chi connectivity index (χ1n) is 5.99. The van der Waals surface area contributed by atoms with E-state index in [0.29, 0.717) is 15.6 Å². The summed E-state index contributed by atoms with van der Waals surface area (Å²) in [5, 5.41) is 4.89. The zero-order valence-corrected chi connectivity index (χ0v) is 12.4. The highest BCUT2D eigenvalue weighted by atomic mass is 35.5. The minimum atomic E-state index is -0.528. The Labute approximate surface area is 130 Å². The number of aliphatic imine (C=N–C) groups is 1. The molecule has 5 nitrogen and oxygen atoms in total. The average molecular weight is 322 g/mol. The summed E-state index contributed by atoms with van der Waals surface area (Å²) in [5.74, 6) is -0.364. The van der Waals surface area contributed by atoms with E-state index >= 15 is 0 Å². The largest absolute Gasteiger partial charge is 0.402 e. The summed E-state index contributed by atoms with van der Waals surface area (Å²) in [6.07, 6.45) is 5.00. The first-order chi connectivity index (χ1) is 10.0. The maximum Gasteiger partial charge on any atom is 0.363 e. The molecule has 7 heteroatoms. The Bertz CT molecular complexity index is 793. The van der Waals surface area contributed by atoms with Crippen LogP contribution in [0.2, 0.25) is 10.0 Å². The number of hydrogen-bond acceptors (Lipinski definition) is 4. The number of cyclic esters (lactones) is 1. The Morgan fingerprint density at radius 1 is 1.33 bits per heavy atom. The lowest BCUT2D eigenvalue weighted by atomic mass is 10.2. The third-order valence-corrected chi connectivity index (χ3v) is 3.36. The second-order valence-corrected chi connectivity index (χ2v) is 5.25. The summed E-state index contributed by atoms with van der Waals surface area (Å²) >= 11 is 11.9. The second-order valence-electron chi connectivity index (χ2n) is 4.41. The normalized spacial score (nSPS) is 16.2. The van der Waals surface area contributed by atoms with Crippen LogP contribution in [0.3, 0.4) is 0 Å². The number of benzene rings is 1. The Hall–Kier alpha value is -2.11. The molecule has 0 fully saturated rings. The predicted molar refractivity (Wildman–Crippen MR) is 80.3 cm³/mol. The summed E-state index contributed by atoms with van der Waals surface area (Å²) in [5.41, 5.74) is 1.48. The van der Waals surface area contributed by atoms with Crippen molar-refractivity contribution >= 4 is 41.1 Å². The molecule has 2 heterocycles. The van der Waals surface area contributed by atoms with Crippen molar-refractivity contribution in [1.29, 1.82) is 0 Å². The van der Waals surface area contributed by atoms with Crippen molar-refractivity contribution in [1.82, 2.24) is 9.78 Å². The molecule has 1 aliphatic rings. The number of nitrogens with zero attached hydrogens (tertiary/aromatic N) is 3. The Morgan fingerprint density at radius 3 is 2.81 bits per heavy atom. The van der Waals surface area contributed by atoms with Crippen LogP contribution in [-0.2, 0) is 16.6 Å². The molecule has 0 spiro atoms. The third-order valence-electron chi connectivity index (χ3n) is 2.81. The molecule has 0 bridgehead atoms. The first kappa shape index (κ1) is 13.9. The number of carbonyl (C=O) groups excluding carboxylic acids is 1. The first-order valence-corrected chi connectivity index (χ1v) is 6.75. The van der Waals surface area contributed by atoms with Crippen LogP contribution in [0.1, 0.15) is 11.1 Å². The summed E-state index contributed by atoms with van der Waals surface area (Å²) in [7, 11) is 1.79. The van der Waals surface area contributed by atoms with Crippen molar-refractivity contribution in [2.45, 2.75) is 0 Å². The number of ether oxygens (including phenoxy) is 1. The molecular formula is C14H9Cl2N3O2. The summed E-state index contributed by atoms with van der Waals surface area (Å²) in [6.45, 7) is 0. The molecule has 3 rings (SSSR count). The molecular weight excluding hydrogens is 313 g/mol. The monoisotopic (exact) mass is 321 g/mol. The molecule has 0 saturated heterocycles. The van der Waals surface area contributed by atoms with E-state index in [9.17, 15) is 4.79 Å². The van der Waals surface area contributed by atoms with E-state index in [1.54, 1.807) is 48.4 Å². The topological polar surface area (TPSA) is 56.5 Å². The minimum absolute atomic E-state index is 0.164. The number of carbonyl (C=O) groups is 1. The maximum atomic E-state index is 11.8. The standard InChI is InChI=1S/C14H9Cl2N3O2/c1-19-7-8(6-17-19)4-12-14(20)21-13(18-12)10-3-2-9(15)5-11(10)16/h2-7H,1H3/b12-4-. The minimum Gasteiger partial charge on any atom is -0.402 e. The van der Waals surface area contributed by atoms with Crippen molar-refractivity contribution < 1.29 is 9.53 Å². The van der Waals surface area contributed by atoms with Gasteiger partial charge in [0.1, 0.15) is 0 Å².